The van der Waals surface area contributed by atoms with E-state index in [4.69, 9.17) is 9.47 Å². The quantitative estimate of drug-likeness (QED) is 0.500. The van der Waals surface area contributed by atoms with Crippen LogP contribution in [-0.2, 0) is 25.4 Å². The van der Waals surface area contributed by atoms with Crippen LogP contribution in [0.2, 0.25) is 0 Å². The molecule has 0 bridgehead atoms. The topological polar surface area (TPSA) is 67.4 Å². The molecule has 0 fully saturated rings. The fraction of sp³-hybridized carbons (Fsp3) is 0.280. The van der Waals surface area contributed by atoms with Crippen LogP contribution in [0.4, 0.5) is 0 Å². The van der Waals surface area contributed by atoms with Gasteiger partial charge < -0.3 is 14.0 Å². The van der Waals surface area contributed by atoms with Crippen LogP contribution in [0.1, 0.15) is 24.3 Å². The lowest BCUT2D eigenvalue weighted by atomic mass is 10.0. The summed E-state index contributed by atoms with van der Waals surface area (Å²) in [5.74, 6) is 0.697. The highest BCUT2D eigenvalue weighted by molar-refractivity contribution is 5.96. The van der Waals surface area contributed by atoms with E-state index in [1.165, 1.54) is 11.6 Å². The summed E-state index contributed by atoms with van der Waals surface area (Å²) in [4.78, 5) is 26.3. The van der Waals surface area contributed by atoms with Crippen molar-refractivity contribution >= 4 is 10.9 Å². The van der Waals surface area contributed by atoms with Gasteiger partial charge in [-0.25, -0.2) is 4.79 Å². The number of hydrogen-bond acceptors (Lipinski definition) is 4. The zero-order valence-corrected chi connectivity index (χ0v) is 18.5. The highest BCUT2D eigenvalue weighted by Gasteiger charge is 2.36. The first-order chi connectivity index (χ1) is 15.4. The van der Waals surface area contributed by atoms with E-state index in [9.17, 15) is 9.59 Å². The maximum Gasteiger partial charge on any atom is 0.331 e. The molecule has 0 aliphatic carbocycles. The molecular weight excluding hydrogens is 406 g/mol. The van der Waals surface area contributed by atoms with E-state index in [0.29, 0.717) is 23.2 Å². The van der Waals surface area contributed by atoms with Gasteiger partial charge >= 0.3 is 5.69 Å². The Hall–Kier alpha value is -3.58. The lowest BCUT2D eigenvalue weighted by molar-refractivity contribution is -0.0151. The van der Waals surface area contributed by atoms with Gasteiger partial charge in [0.2, 0.25) is 0 Å². The van der Waals surface area contributed by atoms with Gasteiger partial charge in [-0.05, 0) is 18.6 Å². The first-order valence-electron chi connectivity index (χ1n) is 10.6. The number of ether oxygens (including phenoxy) is 2. The largest absolute Gasteiger partial charge is 0.496 e. The van der Waals surface area contributed by atoms with E-state index in [0.717, 1.165) is 22.5 Å². The summed E-state index contributed by atoms with van der Waals surface area (Å²) in [6.45, 7) is 2.58. The van der Waals surface area contributed by atoms with Gasteiger partial charge in [0.05, 0.1) is 35.5 Å². The van der Waals surface area contributed by atoms with Gasteiger partial charge in [-0.1, -0.05) is 48.5 Å². The van der Waals surface area contributed by atoms with Crippen LogP contribution < -0.4 is 16.0 Å². The van der Waals surface area contributed by atoms with Crippen LogP contribution >= 0.6 is 0 Å². The Morgan fingerprint density at radius 1 is 0.969 bits per heavy atom. The van der Waals surface area contributed by atoms with Crippen LogP contribution in [0.3, 0.4) is 0 Å². The second-order valence-corrected chi connectivity index (χ2v) is 8.21. The highest BCUT2D eigenvalue weighted by Crippen LogP contribution is 2.43. The summed E-state index contributed by atoms with van der Waals surface area (Å²) in [6.07, 6.45) is -0.602. The van der Waals surface area contributed by atoms with E-state index in [-0.39, 0.29) is 17.4 Å². The minimum Gasteiger partial charge on any atom is -0.496 e. The Morgan fingerprint density at radius 2 is 1.66 bits per heavy atom. The summed E-state index contributed by atoms with van der Waals surface area (Å²) in [6, 6.07) is 17.5. The molecule has 7 heteroatoms. The Labute approximate surface area is 185 Å². The van der Waals surface area contributed by atoms with Gasteiger partial charge in [0, 0.05) is 26.2 Å². The SMILES string of the molecule is COc1ccccc1[C@H]1O[C@H](C)Cn2c(-c3ccccc3)c3c(=O)n(C)c(=O)n(C)c3c21. The normalized spacial score (nSPS) is 18.0. The number of para-hydroxylation sites is 1. The molecule has 7 nitrogen and oxygen atoms in total. The minimum absolute atomic E-state index is 0.109. The number of fused-ring (bicyclic) bond motifs is 3. The van der Waals surface area contributed by atoms with Crippen molar-refractivity contribution in [1.82, 2.24) is 13.7 Å². The molecule has 2 atom stereocenters. The molecule has 5 rings (SSSR count). The van der Waals surface area contributed by atoms with Crippen LogP contribution in [-0.4, -0.2) is 26.9 Å². The molecule has 2 aromatic heterocycles. The number of benzene rings is 2. The molecule has 2 aromatic carbocycles. The van der Waals surface area contributed by atoms with Gasteiger partial charge in [0.1, 0.15) is 11.9 Å². The van der Waals surface area contributed by atoms with Crippen molar-refractivity contribution in [3.8, 4) is 17.0 Å². The summed E-state index contributed by atoms with van der Waals surface area (Å²) >= 11 is 0. The number of nitrogens with zero attached hydrogens (tertiary/aromatic N) is 3. The molecule has 32 heavy (non-hydrogen) atoms. The molecule has 164 valence electrons. The summed E-state index contributed by atoms with van der Waals surface area (Å²) < 4.78 is 16.9. The average molecular weight is 431 g/mol. The smallest absolute Gasteiger partial charge is 0.331 e. The zero-order chi connectivity index (χ0) is 22.6. The van der Waals surface area contributed by atoms with E-state index < -0.39 is 6.10 Å². The third-order valence-electron chi connectivity index (χ3n) is 6.23. The second kappa shape index (κ2) is 7.53. The van der Waals surface area contributed by atoms with Gasteiger partial charge in [0.15, 0.2) is 0 Å². The van der Waals surface area contributed by atoms with Crippen LogP contribution in [0.25, 0.3) is 22.2 Å². The Balaban J connectivity index is 1.97. The predicted octanol–water partition coefficient (Wildman–Crippen LogP) is 3.22. The molecule has 1 aliphatic heterocycles. The van der Waals surface area contributed by atoms with Gasteiger partial charge in [0.25, 0.3) is 5.56 Å². The number of methoxy groups -OCH3 is 1. The minimum atomic E-state index is -0.493. The first-order valence-corrected chi connectivity index (χ1v) is 10.6. The summed E-state index contributed by atoms with van der Waals surface area (Å²) in [7, 11) is 4.85. The van der Waals surface area contributed by atoms with Crippen molar-refractivity contribution in [2.24, 2.45) is 14.1 Å². The average Bonchev–Trinajstić information content (AvgIpc) is 3.16. The Kier molecular flexibility index (Phi) is 4.78. The fourth-order valence-electron chi connectivity index (χ4n) is 4.79. The van der Waals surface area contributed by atoms with E-state index >= 15 is 0 Å². The molecule has 3 heterocycles. The van der Waals surface area contributed by atoms with Crippen molar-refractivity contribution in [3.05, 3.63) is 86.7 Å². The van der Waals surface area contributed by atoms with Crippen molar-refractivity contribution in [2.45, 2.75) is 25.7 Å². The molecular formula is C25H25N3O4. The van der Waals surface area contributed by atoms with Crippen molar-refractivity contribution in [1.29, 1.82) is 0 Å². The summed E-state index contributed by atoms with van der Waals surface area (Å²) in [5.41, 5.74) is 3.30. The Morgan fingerprint density at radius 3 is 2.38 bits per heavy atom. The molecule has 0 unspecified atom stereocenters. The zero-order valence-electron chi connectivity index (χ0n) is 18.5. The molecule has 0 radical (unpaired) electrons. The van der Waals surface area contributed by atoms with Crippen molar-refractivity contribution in [3.63, 3.8) is 0 Å². The Bertz CT molecular complexity index is 1450. The molecule has 0 saturated heterocycles. The molecule has 0 spiro atoms. The standard InChI is InChI=1S/C25H25N3O4/c1-15-14-28-20(16-10-6-5-7-11-16)19-21(26(2)25(30)27(3)24(19)29)22(28)23(32-15)17-12-8-9-13-18(17)31-4/h5-13,15,23H,14H2,1-4H3/t15-,23-/m1/s1. The monoisotopic (exact) mass is 431 g/mol. The van der Waals surface area contributed by atoms with E-state index in [2.05, 4.69) is 4.57 Å². The van der Waals surface area contributed by atoms with Crippen molar-refractivity contribution in [2.75, 3.05) is 7.11 Å². The molecule has 4 aromatic rings. The molecule has 1 aliphatic rings. The second-order valence-electron chi connectivity index (χ2n) is 8.21. The van der Waals surface area contributed by atoms with E-state index in [1.807, 2.05) is 61.5 Å². The number of aryl methyl sites for hydroxylation is 1. The third kappa shape index (κ3) is 2.85. The number of aromatic nitrogens is 3. The van der Waals surface area contributed by atoms with Gasteiger partial charge in [-0.3, -0.25) is 13.9 Å². The molecule has 0 amide bonds. The number of rotatable bonds is 3. The van der Waals surface area contributed by atoms with Crippen LogP contribution in [0.5, 0.6) is 5.75 Å². The van der Waals surface area contributed by atoms with Gasteiger partial charge in [-0.2, -0.15) is 0 Å². The van der Waals surface area contributed by atoms with Crippen molar-refractivity contribution < 1.29 is 9.47 Å². The highest BCUT2D eigenvalue weighted by atomic mass is 16.5. The maximum absolute atomic E-state index is 13.4. The summed E-state index contributed by atoms with van der Waals surface area (Å²) in [5, 5.41) is 0.522. The van der Waals surface area contributed by atoms with Gasteiger partial charge in [-0.15, -0.1) is 0 Å². The number of hydrogen-bond donors (Lipinski definition) is 0. The maximum atomic E-state index is 13.4. The molecule has 0 saturated carbocycles. The van der Waals surface area contributed by atoms with E-state index in [1.54, 1.807) is 18.7 Å². The predicted molar refractivity (Wildman–Crippen MR) is 123 cm³/mol. The first kappa shape index (κ1) is 20.3. The lowest BCUT2D eigenvalue weighted by Crippen LogP contribution is -2.37. The third-order valence-corrected chi connectivity index (χ3v) is 6.23. The van der Waals surface area contributed by atoms with Crippen LogP contribution in [0.15, 0.2) is 64.2 Å². The lowest BCUT2D eigenvalue weighted by Gasteiger charge is -2.32. The van der Waals surface area contributed by atoms with Crippen LogP contribution in [0, 0.1) is 0 Å². The molecule has 0 N–H and O–H groups in total. The fourth-order valence-corrected chi connectivity index (χ4v) is 4.79.